The van der Waals surface area contributed by atoms with Crippen LogP contribution in [0, 0.1) is 17.8 Å². The van der Waals surface area contributed by atoms with E-state index in [4.69, 9.17) is 0 Å². The van der Waals surface area contributed by atoms with Crippen molar-refractivity contribution in [2.75, 3.05) is 4.90 Å². The Labute approximate surface area is 279 Å². The average molecular weight is 608 g/mol. The molecule has 0 N–H and O–H groups in total. The van der Waals surface area contributed by atoms with Gasteiger partial charge in [0, 0.05) is 17.1 Å². The van der Waals surface area contributed by atoms with E-state index in [1.165, 1.54) is 71.9 Å². The summed E-state index contributed by atoms with van der Waals surface area (Å²) in [5.74, 6) is 2.91. The molecule has 0 aliphatic heterocycles. The van der Waals surface area contributed by atoms with Crippen molar-refractivity contribution in [3.8, 4) is 33.4 Å². The number of hydrogen-bond donors (Lipinski definition) is 0. The predicted molar refractivity (Wildman–Crippen MR) is 197 cm³/mol. The molecule has 4 aliphatic carbocycles. The first kappa shape index (κ1) is 28.4. The maximum Gasteiger partial charge on any atom is 0.0467 e. The second-order valence-electron chi connectivity index (χ2n) is 14.5. The highest BCUT2D eigenvalue weighted by molar-refractivity contribution is 5.82. The van der Waals surface area contributed by atoms with Crippen LogP contribution in [-0.2, 0) is 5.41 Å². The fourth-order valence-corrected chi connectivity index (χ4v) is 9.62. The molecule has 0 unspecified atom stereocenters. The third-order valence-corrected chi connectivity index (χ3v) is 11.4. The lowest BCUT2D eigenvalue weighted by Crippen LogP contribution is -2.48. The van der Waals surface area contributed by atoms with E-state index in [1.807, 2.05) is 0 Å². The highest BCUT2D eigenvalue weighted by atomic mass is 15.1. The van der Waals surface area contributed by atoms with E-state index in [0.717, 1.165) is 34.8 Å². The van der Waals surface area contributed by atoms with Gasteiger partial charge in [0.2, 0.25) is 0 Å². The van der Waals surface area contributed by atoms with E-state index in [-0.39, 0.29) is 0 Å². The van der Waals surface area contributed by atoms with Crippen LogP contribution in [0.25, 0.3) is 33.4 Å². The summed E-state index contributed by atoms with van der Waals surface area (Å²) in [6.07, 6.45) is 8.74. The lowest BCUT2D eigenvalue weighted by atomic mass is 9.48. The minimum atomic E-state index is 0.446. The Balaban J connectivity index is 1.04. The molecule has 47 heavy (non-hydrogen) atoms. The summed E-state index contributed by atoms with van der Waals surface area (Å²) >= 11 is 0. The smallest absolute Gasteiger partial charge is 0.0467 e. The third-order valence-electron chi connectivity index (χ3n) is 11.4. The van der Waals surface area contributed by atoms with Gasteiger partial charge in [0.05, 0.1) is 0 Å². The van der Waals surface area contributed by atoms with Gasteiger partial charge < -0.3 is 4.90 Å². The fraction of sp³-hybridized carbons (Fsp3) is 0.217. The Bertz CT molecular complexity index is 1940. The molecule has 4 bridgehead atoms. The van der Waals surface area contributed by atoms with Gasteiger partial charge >= 0.3 is 0 Å². The highest BCUT2D eigenvalue weighted by Gasteiger charge is 2.51. The minimum Gasteiger partial charge on any atom is -0.310 e. The summed E-state index contributed by atoms with van der Waals surface area (Å²) < 4.78 is 0. The van der Waals surface area contributed by atoms with Gasteiger partial charge in [-0.15, -0.1) is 0 Å². The van der Waals surface area contributed by atoms with E-state index in [1.54, 1.807) is 5.56 Å². The van der Waals surface area contributed by atoms with Crippen LogP contribution >= 0.6 is 0 Å². The standard InChI is InChI=1S/C46H41N/c1-3-8-36(9-4-1)39-16-22-43(23-17-39)47(45-13-7-12-41(29-45)37-10-5-2-6-11-37)44-24-18-40(19-25-44)38-14-20-42(21-15-38)46-30-33-26-34(31-46)28-35(27-33)32-46/h1-25,29,33-35H,26-28,30-32H2. The first-order valence-corrected chi connectivity index (χ1v) is 17.5. The van der Waals surface area contributed by atoms with Crippen molar-refractivity contribution < 1.29 is 0 Å². The molecule has 1 nitrogen and oxygen atoms in total. The second kappa shape index (κ2) is 11.7. The molecule has 4 aliphatic rings. The number of nitrogens with zero attached hydrogens (tertiary/aromatic N) is 1. The molecule has 230 valence electrons. The lowest BCUT2D eigenvalue weighted by molar-refractivity contribution is -0.00518. The van der Waals surface area contributed by atoms with Gasteiger partial charge in [-0.25, -0.2) is 0 Å². The summed E-state index contributed by atoms with van der Waals surface area (Å²) in [4.78, 5) is 2.38. The molecule has 10 rings (SSSR count). The molecule has 0 saturated heterocycles. The summed E-state index contributed by atoms with van der Waals surface area (Å²) in [6, 6.07) is 58.0. The van der Waals surface area contributed by atoms with Crippen molar-refractivity contribution in [1.29, 1.82) is 0 Å². The second-order valence-corrected chi connectivity index (χ2v) is 14.5. The van der Waals surface area contributed by atoms with E-state index in [0.29, 0.717) is 5.41 Å². The van der Waals surface area contributed by atoms with Gasteiger partial charge in [0.25, 0.3) is 0 Å². The Morgan fingerprint density at radius 2 is 0.766 bits per heavy atom. The van der Waals surface area contributed by atoms with Gasteiger partial charge in [0.15, 0.2) is 0 Å². The summed E-state index contributed by atoms with van der Waals surface area (Å²) in [5.41, 5.74) is 12.9. The summed E-state index contributed by atoms with van der Waals surface area (Å²) in [6.45, 7) is 0. The van der Waals surface area contributed by atoms with Crippen LogP contribution in [-0.4, -0.2) is 0 Å². The molecule has 1 heteroatoms. The molecule has 0 amide bonds. The van der Waals surface area contributed by atoms with Crippen molar-refractivity contribution in [3.05, 3.63) is 163 Å². The third kappa shape index (κ3) is 5.38. The Hall–Kier alpha value is -4.88. The lowest BCUT2D eigenvalue weighted by Gasteiger charge is -2.57. The van der Waals surface area contributed by atoms with Crippen LogP contribution in [0.1, 0.15) is 44.1 Å². The van der Waals surface area contributed by atoms with Gasteiger partial charge in [-0.05, 0) is 137 Å². The average Bonchev–Trinajstić information content (AvgIpc) is 3.13. The number of hydrogen-bond acceptors (Lipinski definition) is 1. The predicted octanol–water partition coefficient (Wildman–Crippen LogP) is 12.6. The summed E-state index contributed by atoms with van der Waals surface area (Å²) in [7, 11) is 0. The molecule has 0 heterocycles. The number of rotatable bonds is 7. The minimum absolute atomic E-state index is 0.446. The highest BCUT2D eigenvalue weighted by Crippen LogP contribution is 2.60. The molecule has 4 saturated carbocycles. The van der Waals surface area contributed by atoms with Crippen molar-refractivity contribution in [2.45, 2.75) is 43.9 Å². The van der Waals surface area contributed by atoms with E-state index in [2.05, 4.69) is 163 Å². The Kier molecular flexibility index (Phi) is 7.08. The fourth-order valence-electron chi connectivity index (χ4n) is 9.62. The Morgan fingerprint density at radius 1 is 0.362 bits per heavy atom. The molecule has 0 radical (unpaired) electrons. The van der Waals surface area contributed by atoms with Crippen LogP contribution in [0.2, 0.25) is 0 Å². The zero-order valence-corrected chi connectivity index (χ0v) is 26.9. The first-order chi connectivity index (χ1) is 23.2. The largest absolute Gasteiger partial charge is 0.310 e. The molecule has 0 atom stereocenters. The molecular weight excluding hydrogens is 567 g/mol. The number of anilines is 3. The van der Waals surface area contributed by atoms with Gasteiger partial charge in [0.1, 0.15) is 0 Å². The van der Waals surface area contributed by atoms with Crippen LogP contribution in [0.4, 0.5) is 17.1 Å². The van der Waals surface area contributed by atoms with Crippen LogP contribution < -0.4 is 4.90 Å². The zero-order chi connectivity index (χ0) is 31.2. The first-order valence-electron chi connectivity index (χ1n) is 17.5. The van der Waals surface area contributed by atoms with Crippen LogP contribution in [0.5, 0.6) is 0 Å². The quantitative estimate of drug-likeness (QED) is 0.174. The molecule has 6 aromatic carbocycles. The van der Waals surface area contributed by atoms with Gasteiger partial charge in [-0.3, -0.25) is 0 Å². The molecular formula is C46H41N. The molecule has 6 aromatic rings. The van der Waals surface area contributed by atoms with Gasteiger partial charge in [-0.2, -0.15) is 0 Å². The molecule has 0 spiro atoms. The normalized spacial score (nSPS) is 22.7. The number of benzene rings is 6. The monoisotopic (exact) mass is 607 g/mol. The topological polar surface area (TPSA) is 3.24 Å². The van der Waals surface area contributed by atoms with Crippen molar-refractivity contribution in [3.63, 3.8) is 0 Å². The SMILES string of the molecule is c1ccc(-c2ccc(N(c3ccc(-c4ccc(C56CC7CC(CC(C7)C5)C6)cc4)cc3)c3cccc(-c4ccccc4)c3)cc2)cc1. The van der Waals surface area contributed by atoms with Crippen molar-refractivity contribution in [1.82, 2.24) is 0 Å². The van der Waals surface area contributed by atoms with Crippen LogP contribution in [0.3, 0.4) is 0 Å². The molecule has 4 fully saturated rings. The van der Waals surface area contributed by atoms with E-state index >= 15 is 0 Å². The summed E-state index contributed by atoms with van der Waals surface area (Å²) in [5, 5.41) is 0. The van der Waals surface area contributed by atoms with Gasteiger partial charge in [-0.1, -0.05) is 121 Å². The van der Waals surface area contributed by atoms with Crippen molar-refractivity contribution >= 4 is 17.1 Å². The van der Waals surface area contributed by atoms with E-state index < -0.39 is 0 Å². The van der Waals surface area contributed by atoms with E-state index in [9.17, 15) is 0 Å². The maximum absolute atomic E-state index is 2.46. The molecule has 0 aromatic heterocycles. The Morgan fingerprint density at radius 3 is 1.26 bits per heavy atom. The maximum atomic E-state index is 2.46. The van der Waals surface area contributed by atoms with Crippen LogP contribution in [0.15, 0.2) is 158 Å². The zero-order valence-electron chi connectivity index (χ0n) is 26.9. The van der Waals surface area contributed by atoms with Crippen molar-refractivity contribution in [2.24, 2.45) is 17.8 Å².